The third kappa shape index (κ3) is 4.29. The first-order chi connectivity index (χ1) is 14.1. The van der Waals surface area contributed by atoms with Crippen LogP contribution in [0.5, 0.6) is 11.5 Å². The number of carbonyl (C=O) groups is 1. The highest BCUT2D eigenvalue weighted by Crippen LogP contribution is 2.35. The number of anilines is 6. The number of aromatic nitrogens is 2. The summed E-state index contributed by atoms with van der Waals surface area (Å²) in [6, 6.07) is 12.8. The monoisotopic (exact) mass is 392 g/mol. The molecule has 0 atom stereocenters. The molecule has 4 rings (SSSR count). The van der Waals surface area contributed by atoms with Gasteiger partial charge in [0.2, 0.25) is 5.91 Å². The number of nitrogens with zero attached hydrogens (tertiary/aromatic N) is 2. The molecule has 0 bridgehead atoms. The summed E-state index contributed by atoms with van der Waals surface area (Å²) >= 11 is 0. The molecule has 0 spiro atoms. The fraction of sp³-hybridized carbons (Fsp3) is 0.150. The summed E-state index contributed by atoms with van der Waals surface area (Å²) in [5.41, 5.74) is 8.87. The van der Waals surface area contributed by atoms with Crippen molar-refractivity contribution in [1.29, 1.82) is 0 Å². The SMILES string of the molecule is CC(=O)Nc1ccc(Nc2ncnc(Nc3ccc4c(c3)OCCO4)c2N)cc1. The highest BCUT2D eigenvalue weighted by atomic mass is 16.6. The number of nitrogens with one attached hydrogen (secondary N) is 3. The lowest BCUT2D eigenvalue weighted by atomic mass is 10.2. The van der Waals surface area contributed by atoms with E-state index in [0.717, 1.165) is 11.4 Å². The van der Waals surface area contributed by atoms with Gasteiger partial charge in [0.15, 0.2) is 23.1 Å². The Bertz CT molecular complexity index is 1040. The van der Waals surface area contributed by atoms with E-state index in [0.29, 0.717) is 47.7 Å². The summed E-state index contributed by atoms with van der Waals surface area (Å²) in [5.74, 6) is 2.19. The first-order valence-electron chi connectivity index (χ1n) is 9.00. The Hall–Kier alpha value is -4.01. The van der Waals surface area contributed by atoms with E-state index in [1.165, 1.54) is 13.3 Å². The van der Waals surface area contributed by atoms with Gasteiger partial charge in [-0.05, 0) is 36.4 Å². The number of carbonyl (C=O) groups excluding carboxylic acids is 1. The van der Waals surface area contributed by atoms with Crippen LogP contribution in [0.15, 0.2) is 48.8 Å². The number of fused-ring (bicyclic) bond motifs is 1. The molecule has 5 N–H and O–H groups in total. The molecule has 29 heavy (non-hydrogen) atoms. The fourth-order valence-corrected chi connectivity index (χ4v) is 2.83. The Balaban J connectivity index is 1.51. The van der Waals surface area contributed by atoms with Gasteiger partial charge in [-0.15, -0.1) is 0 Å². The molecule has 0 fully saturated rings. The Morgan fingerprint density at radius 3 is 2.17 bits per heavy atom. The molecule has 1 aliphatic rings. The molecule has 1 aliphatic heterocycles. The molecule has 0 aliphatic carbocycles. The molecule has 9 heteroatoms. The standard InChI is InChI=1S/C20H20N6O3/c1-12(27)24-13-2-4-14(5-3-13)25-19-18(21)20(23-11-22-19)26-15-6-7-16-17(10-15)29-9-8-28-16/h2-7,10-11H,8-9,21H2,1H3,(H,24,27)(H2,22,23,25,26). The largest absolute Gasteiger partial charge is 0.486 e. The molecule has 9 nitrogen and oxygen atoms in total. The first kappa shape index (κ1) is 18.4. The molecule has 1 amide bonds. The van der Waals surface area contributed by atoms with E-state index < -0.39 is 0 Å². The van der Waals surface area contributed by atoms with Gasteiger partial charge in [-0.3, -0.25) is 4.79 Å². The summed E-state index contributed by atoms with van der Waals surface area (Å²) in [6.07, 6.45) is 1.42. The van der Waals surface area contributed by atoms with E-state index in [1.807, 2.05) is 30.3 Å². The lowest BCUT2D eigenvalue weighted by molar-refractivity contribution is -0.114. The van der Waals surface area contributed by atoms with Crippen LogP contribution in [0.3, 0.4) is 0 Å². The topological polar surface area (TPSA) is 123 Å². The molecule has 3 aromatic rings. The molecular weight excluding hydrogens is 372 g/mol. The summed E-state index contributed by atoms with van der Waals surface area (Å²) in [7, 11) is 0. The quantitative estimate of drug-likeness (QED) is 0.522. The van der Waals surface area contributed by atoms with E-state index in [-0.39, 0.29) is 5.91 Å². The van der Waals surface area contributed by atoms with Gasteiger partial charge in [0.1, 0.15) is 25.2 Å². The van der Waals surface area contributed by atoms with Gasteiger partial charge in [0, 0.05) is 30.1 Å². The minimum absolute atomic E-state index is 0.124. The van der Waals surface area contributed by atoms with E-state index in [1.54, 1.807) is 12.1 Å². The average molecular weight is 392 g/mol. The van der Waals surface area contributed by atoms with Crippen molar-refractivity contribution in [2.24, 2.45) is 0 Å². The molecule has 0 saturated heterocycles. The Morgan fingerprint density at radius 1 is 0.897 bits per heavy atom. The van der Waals surface area contributed by atoms with Crippen molar-refractivity contribution in [2.45, 2.75) is 6.92 Å². The lowest BCUT2D eigenvalue weighted by Crippen LogP contribution is -2.15. The molecule has 0 unspecified atom stereocenters. The zero-order valence-corrected chi connectivity index (χ0v) is 15.7. The van der Waals surface area contributed by atoms with Crippen molar-refractivity contribution in [3.8, 4) is 11.5 Å². The van der Waals surface area contributed by atoms with Gasteiger partial charge < -0.3 is 31.2 Å². The zero-order chi connectivity index (χ0) is 20.2. The minimum Gasteiger partial charge on any atom is -0.486 e. The van der Waals surface area contributed by atoms with Gasteiger partial charge in [-0.1, -0.05) is 0 Å². The summed E-state index contributed by atoms with van der Waals surface area (Å²) < 4.78 is 11.1. The third-order valence-electron chi connectivity index (χ3n) is 4.16. The predicted molar refractivity (Wildman–Crippen MR) is 111 cm³/mol. The van der Waals surface area contributed by atoms with Gasteiger partial charge in [0.05, 0.1) is 0 Å². The maximum Gasteiger partial charge on any atom is 0.221 e. The third-order valence-corrected chi connectivity index (χ3v) is 4.16. The van der Waals surface area contributed by atoms with Gasteiger partial charge >= 0.3 is 0 Å². The van der Waals surface area contributed by atoms with Crippen molar-refractivity contribution in [1.82, 2.24) is 9.97 Å². The van der Waals surface area contributed by atoms with E-state index in [4.69, 9.17) is 15.2 Å². The van der Waals surface area contributed by atoms with Crippen LogP contribution in [0, 0.1) is 0 Å². The van der Waals surface area contributed by atoms with Gasteiger partial charge in [0.25, 0.3) is 0 Å². The van der Waals surface area contributed by atoms with Crippen LogP contribution in [0.25, 0.3) is 0 Å². The van der Waals surface area contributed by atoms with Crippen molar-refractivity contribution < 1.29 is 14.3 Å². The van der Waals surface area contributed by atoms with Crippen LogP contribution < -0.4 is 31.2 Å². The zero-order valence-electron chi connectivity index (χ0n) is 15.7. The average Bonchev–Trinajstić information content (AvgIpc) is 2.72. The summed E-state index contributed by atoms with van der Waals surface area (Å²) in [5, 5.41) is 9.05. The Kier molecular flexibility index (Phi) is 5.02. The molecule has 2 heterocycles. The van der Waals surface area contributed by atoms with Crippen molar-refractivity contribution in [3.05, 3.63) is 48.8 Å². The number of hydrogen-bond donors (Lipinski definition) is 4. The second kappa shape index (κ2) is 7.93. The van der Waals surface area contributed by atoms with Crippen LogP contribution in [0.2, 0.25) is 0 Å². The van der Waals surface area contributed by atoms with E-state index in [2.05, 4.69) is 25.9 Å². The normalized spacial score (nSPS) is 12.2. The number of rotatable bonds is 5. The van der Waals surface area contributed by atoms with Crippen molar-refractivity contribution >= 4 is 40.3 Å². The smallest absolute Gasteiger partial charge is 0.221 e. The van der Waals surface area contributed by atoms with Crippen LogP contribution in [0.4, 0.5) is 34.4 Å². The number of ether oxygens (including phenoxy) is 2. The summed E-state index contributed by atoms with van der Waals surface area (Å²) in [4.78, 5) is 19.6. The molecule has 2 aromatic carbocycles. The van der Waals surface area contributed by atoms with Gasteiger partial charge in [-0.2, -0.15) is 0 Å². The number of nitrogen functional groups attached to an aromatic ring is 1. The molecule has 1 aromatic heterocycles. The maximum atomic E-state index is 11.1. The van der Waals surface area contributed by atoms with Crippen molar-refractivity contribution in [3.63, 3.8) is 0 Å². The molecule has 148 valence electrons. The Morgan fingerprint density at radius 2 is 1.48 bits per heavy atom. The van der Waals surface area contributed by atoms with Crippen LogP contribution in [-0.4, -0.2) is 29.1 Å². The lowest BCUT2D eigenvalue weighted by Gasteiger charge is -2.19. The number of amides is 1. The van der Waals surface area contributed by atoms with E-state index >= 15 is 0 Å². The molecule has 0 radical (unpaired) electrons. The summed E-state index contributed by atoms with van der Waals surface area (Å²) in [6.45, 7) is 2.52. The number of hydrogen-bond acceptors (Lipinski definition) is 8. The van der Waals surface area contributed by atoms with Crippen LogP contribution in [-0.2, 0) is 4.79 Å². The van der Waals surface area contributed by atoms with Crippen molar-refractivity contribution in [2.75, 3.05) is 34.9 Å². The molecule has 0 saturated carbocycles. The second-order valence-corrected chi connectivity index (χ2v) is 6.35. The van der Waals surface area contributed by atoms with E-state index in [9.17, 15) is 4.79 Å². The number of benzene rings is 2. The fourth-order valence-electron chi connectivity index (χ4n) is 2.83. The maximum absolute atomic E-state index is 11.1. The highest BCUT2D eigenvalue weighted by molar-refractivity contribution is 5.89. The first-order valence-corrected chi connectivity index (χ1v) is 9.00. The highest BCUT2D eigenvalue weighted by Gasteiger charge is 2.14. The van der Waals surface area contributed by atoms with Crippen LogP contribution in [0.1, 0.15) is 6.92 Å². The number of nitrogens with two attached hydrogens (primary N) is 1. The second-order valence-electron chi connectivity index (χ2n) is 6.35. The van der Waals surface area contributed by atoms with Gasteiger partial charge in [-0.25, -0.2) is 9.97 Å². The molecular formula is C20H20N6O3. The minimum atomic E-state index is -0.124. The predicted octanol–water partition coefficient (Wildman–Crippen LogP) is 3.28. The van der Waals surface area contributed by atoms with Crippen LogP contribution >= 0.6 is 0 Å². The Labute approximate surface area is 167 Å².